The SMILES string of the molecule is OCCSNc1ccc2c(c1)C1(CCC3(CC3)CC1)CN2. The van der Waals surface area contributed by atoms with Crippen LogP contribution in [0.3, 0.4) is 0 Å². The molecule has 2 saturated carbocycles. The zero-order chi connectivity index (χ0) is 14.3. The van der Waals surface area contributed by atoms with Crippen LogP contribution in [0.25, 0.3) is 0 Å². The summed E-state index contributed by atoms with van der Waals surface area (Å²) in [5, 5.41) is 12.5. The molecule has 0 amide bonds. The molecular formula is C17H24N2OS. The minimum absolute atomic E-state index is 0.218. The van der Waals surface area contributed by atoms with Crippen LogP contribution in [0.2, 0.25) is 0 Å². The second-order valence-electron chi connectivity index (χ2n) is 7.07. The van der Waals surface area contributed by atoms with Gasteiger partial charge in [-0.1, -0.05) is 11.9 Å². The fourth-order valence-electron chi connectivity index (χ4n) is 4.12. The van der Waals surface area contributed by atoms with Gasteiger partial charge in [0.15, 0.2) is 0 Å². The molecule has 21 heavy (non-hydrogen) atoms. The third kappa shape index (κ3) is 2.42. The van der Waals surface area contributed by atoms with Crippen molar-refractivity contribution in [1.82, 2.24) is 0 Å². The van der Waals surface area contributed by atoms with Gasteiger partial charge in [0.2, 0.25) is 0 Å². The van der Waals surface area contributed by atoms with Crippen LogP contribution in [0.15, 0.2) is 18.2 Å². The number of hydrogen-bond acceptors (Lipinski definition) is 4. The van der Waals surface area contributed by atoms with Gasteiger partial charge in [0.05, 0.1) is 6.61 Å². The summed E-state index contributed by atoms with van der Waals surface area (Å²) in [6, 6.07) is 6.69. The molecule has 1 aliphatic heterocycles. The summed E-state index contributed by atoms with van der Waals surface area (Å²) < 4.78 is 3.35. The maximum absolute atomic E-state index is 8.88. The standard InChI is InChI=1S/C17H24N2OS/c20-9-10-21-19-13-1-2-15-14(11-13)17(12-18-15)7-5-16(3-4-16)6-8-17/h1-2,11,18-20H,3-10,12H2. The lowest BCUT2D eigenvalue weighted by Gasteiger charge is -2.37. The van der Waals surface area contributed by atoms with Gasteiger partial charge in [-0.3, -0.25) is 0 Å². The normalized spacial score (nSPS) is 23.9. The maximum atomic E-state index is 8.88. The van der Waals surface area contributed by atoms with E-state index in [0.29, 0.717) is 5.41 Å². The minimum atomic E-state index is 0.218. The van der Waals surface area contributed by atoms with Gasteiger partial charge in [0.1, 0.15) is 0 Å². The monoisotopic (exact) mass is 304 g/mol. The van der Waals surface area contributed by atoms with Crippen LogP contribution in [-0.2, 0) is 5.41 Å². The molecule has 0 atom stereocenters. The zero-order valence-electron chi connectivity index (χ0n) is 12.5. The molecule has 0 bridgehead atoms. The van der Waals surface area contributed by atoms with Crippen molar-refractivity contribution in [2.24, 2.45) is 5.41 Å². The molecule has 3 nitrogen and oxygen atoms in total. The van der Waals surface area contributed by atoms with E-state index in [2.05, 4.69) is 28.2 Å². The predicted octanol–water partition coefficient (Wildman–Crippen LogP) is 3.76. The number of hydrogen-bond donors (Lipinski definition) is 3. The lowest BCUT2D eigenvalue weighted by atomic mass is 9.66. The van der Waals surface area contributed by atoms with E-state index in [-0.39, 0.29) is 6.61 Å². The van der Waals surface area contributed by atoms with Crippen molar-refractivity contribution in [3.05, 3.63) is 23.8 Å². The molecule has 2 aliphatic carbocycles. The van der Waals surface area contributed by atoms with Crippen molar-refractivity contribution in [3.8, 4) is 0 Å². The summed E-state index contributed by atoms with van der Waals surface area (Å²) in [4.78, 5) is 0. The summed E-state index contributed by atoms with van der Waals surface area (Å²) in [5.41, 5.74) is 5.15. The minimum Gasteiger partial charge on any atom is -0.395 e. The molecule has 0 radical (unpaired) electrons. The van der Waals surface area contributed by atoms with Gasteiger partial charge in [-0.2, -0.15) is 0 Å². The summed E-state index contributed by atoms with van der Waals surface area (Å²) >= 11 is 1.58. The van der Waals surface area contributed by atoms with E-state index in [1.807, 2.05) is 0 Å². The third-order valence-electron chi connectivity index (χ3n) is 5.82. The molecule has 0 unspecified atom stereocenters. The molecular weight excluding hydrogens is 280 g/mol. The molecule has 4 rings (SSSR count). The maximum Gasteiger partial charge on any atom is 0.0539 e. The highest BCUT2D eigenvalue weighted by Crippen LogP contribution is 2.61. The second-order valence-corrected chi connectivity index (χ2v) is 7.97. The Kier molecular flexibility index (Phi) is 3.34. The quantitative estimate of drug-likeness (QED) is 0.585. The highest BCUT2D eigenvalue weighted by Gasteiger charge is 2.51. The number of fused-ring (bicyclic) bond motifs is 2. The van der Waals surface area contributed by atoms with E-state index in [9.17, 15) is 0 Å². The van der Waals surface area contributed by atoms with Crippen molar-refractivity contribution < 1.29 is 5.11 Å². The van der Waals surface area contributed by atoms with Crippen molar-refractivity contribution in [1.29, 1.82) is 0 Å². The van der Waals surface area contributed by atoms with Crippen LogP contribution >= 0.6 is 11.9 Å². The first-order chi connectivity index (χ1) is 10.3. The first kappa shape index (κ1) is 13.8. The molecule has 1 heterocycles. The van der Waals surface area contributed by atoms with Crippen LogP contribution in [-0.4, -0.2) is 24.0 Å². The Morgan fingerprint density at radius 3 is 2.62 bits per heavy atom. The fourth-order valence-corrected chi connectivity index (χ4v) is 4.61. The van der Waals surface area contributed by atoms with Crippen molar-refractivity contribution in [2.45, 2.75) is 43.9 Å². The average Bonchev–Trinajstić information content (AvgIpc) is 3.19. The van der Waals surface area contributed by atoms with Crippen molar-refractivity contribution in [2.75, 3.05) is 28.9 Å². The highest BCUT2D eigenvalue weighted by molar-refractivity contribution is 8.00. The molecule has 3 N–H and O–H groups in total. The number of rotatable bonds is 4. The Balaban J connectivity index is 1.54. The first-order valence-corrected chi connectivity index (χ1v) is 9.11. The number of nitrogens with one attached hydrogen (secondary N) is 2. The van der Waals surface area contributed by atoms with Gasteiger partial charge in [-0.25, -0.2) is 0 Å². The molecule has 2 spiro atoms. The van der Waals surface area contributed by atoms with Gasteiger partial charge in [0.25, 0.3) is 0 Å². The number of aliphatic hydroxyl groups excluding tert-OH is 1. The third-order valence-corrected chi connectivity index (χ3v) is 6.58. The highest BCUT2D eigenvalue weighted by atomic mass is 32.2. The van der Waals surface area contributed by atoms with Gasteiger partial charge >= 0.3 is 0 Å². The Morgan fingerprint density at radius 2 is 1.90 bits per heavy atom. The summed E-state index contributed by atoms with van der Waals surface area (Å²) in [5.74, 6) is 0.725. The van der Waals surface area contributed by atoms with E-state index in [1.54, 1.807) is 11.9 Å². The Hall–Kier alpha value is -0.870. The van der Waals surface area contributed by atoms with Gasteiger partial charge in [0, 0.05) is 29.1 Å². The van der Waals surface area contributed by atoms with E-state index in [1.165, 1.54) is 55.5 Å². The molecule has 114 valence electrons. The fraction of sp³-hybridized carbons (Fsp3) is 0.647. The lowest BCUT2D eigenvalue weighted by molar-refractivity contribution is 0.232. The van der Waals surface area contributed by atoms with E-state index in [0.717, 1.165) is 17.7 Å². The molecule has 1 aromatic rings. The Bertz CT molecular complexity index is 532. The van der Waals surface area contributed by atoms with Crippen LogP contribution in [0.1, 0.15) is 44.1 Å². The van der Waals surface area contributed by atoms with Gasteiger partial charge < -0.3 is 15.1 Å². The molecule has 1 aromatic carbocycles. The molecule has 3 aliphatic rings. The van der Waals surface area contributed by atoms with E-state index < -0.39 is 0 Å². The van der Waals surface area contributed by atoms with Gasteiger partial charge in [-0.15, -0.1) is 0 Å². The summed E-state index contributed by atoms with van der Waals surface area (Å²) in [6.45, 7) is 1.34. The topological polar surface area (TPSA) is 44.3 Å². The van der Waals surface area contributed by atoms with Gasteiger partial charge in [-0.05, 0) is 67.7 Å². The molecule has 2 fully saturated rings. The largest absolute Gasteiger partial charge is 0.395 e. The molecule has 4 heteroatoms. The second kappa shape index (κ2) is 5.10. The zero-order valence-corrected chi connectivity index (χ0v) is 13.3. The number of benzene rings is 1. The first-order valence-electron chi connectivity index (χ1n) is 8.13. The molecule has 0 saturated heterocycles. The van der Waals surface area contributed by atoms with Crippen LogP contribution in [0, 0.1) is 5.41 Å². The Labute approximate surface area is 131 Å². The smallest absolute Gasteiger partial charge is 0.0539 e. The van der Waals surface area contributed by atoms with E-state index in [4.69, 9.17) is 5.11 Å². The lowest BCUT2D eigenvalue weighted by Crippen LogP contribution is -2.34. The van der Waals surface area contributed by atoms with Crippen molar-refractivity contribution in [3.63, 3.8) is 0 Å². The van der Waals surface area contributed by atoms with Crippen LogP contribution in [0.5, 0.6) is 0 Å². The van der Waals surface area contributed by atoms with Crippen LogP contribution < -0.4 is 10.0 Å². The summed E-state index contributed by atoms with van der Waals surface area (Å²) in [6.07, 6.45) is 8.49. The molecule has 0 aromatic heterocycles. The van der Waals surface area contributed by atoms with E-state index >= 15 is 0 Å². The summed E-state index contributed by atoms with van der Waals surface area (Å²) in [7, 11) is 0. The number of aliphatic hydroxyl groups is 1. The number of anilines is 2. The van der Waals surface area contributed by atoms with Crippen LogP contribution in [0.4, 0.5) is 11.4 Å². The predicted molar refractivity (Wildman–Crippen MR) is 89.9 cm³/mol. The Morgan fingerprint density at radius 1 is 1.14 bits per heavy atom. The average molecular weight is 304 g/mol. The van der Waals surface area contributed by atoms with Crippen molar-refractivity contribution >= 4 is 23.3 Å².